The molecule has 1 N–H and O–H groups in total. The molecule has 1 aliphatic carbocycles. The second-order valence-electron chi connectivity index (χ2n) is 8.12. The lowest BCUT2D eigenvalue weighted by Gasteiger charge is -2.28. The van der Waals surface area contributed by atoms with E-state index in [4.69, 9.17) is 0 Å². The molecule has 0 bridgehead atoms. The maximum absolute atomic E-state index is 13.3. The SMILES string of the molecule is Cc1cc(S(=O)(=O)N2CCCC2C2(O)CC2)ccc1-c1cccnc1N(C)C. The first-order chi connectivity index (χ1) is 13.2. The van der Waals surface area contributed by atoms with E-state index in [1.165, 1.54) is 4.31 Å². The Bertz CT molecular complexity index is 1000. The molecule has 1 saturated heterocycles. The molecule has 1 unspecified atom stereocenters. The number of nitrogens with zero attached hydrogens (tertiary/aromatic N) is 3. The molecule has 2 fully saturated rings. The Kier molecular flexibility index (Phi) is 4.72. The van der Waals surface area contributed by atoms with Crippen LogP contribution in [-0.2, 0) is 10.0 Å². The van der Waals surface area contributed by atoms with E-state index in [0.29, 0.717) is 24.3 Å². The van der Waals surface area contributed by atoms with Gasteiger partial charge in [0.2, 0.25) is 10.0 Å². The average molecular weight is 402 g/mol. The van der Waals surface area contributed by atoms with Crippen LogP contribution in [0.2, 0.25) is 0 Å². The van der Waals surface area contributed by atoms with Crippen molar-refractivity contribution in [3.8, 4) is 11.1 Å². The first kappa shape index (κ1) is 19.4. The predicted molar refractivity (Wildman–Crippen MR) is 110 cm³/mol. The van der Waals surface area contributed by atoms with E-state index in [9.17, 15) is 13.5 Å². The van der Waals surface area contributed by atoms with E-state index in [1.807, 2.05) is 44.1 Å². The summed E-state index contributed by atoms with van der Waals surface area (Å²) in [7, 11) is 0.250. The molecule has 1 aliphatic heterocycles. The molecule has 0 spiro atoms. The van der Waals surface area contributed by atoms with Crippen LogP contribution in [0.25, 0.3) is 11.1 Å². The lowest BCUT2D eigenvalue weighted by Crippen LogP contribution is -2.44. The maximum atomic E-state index is 13.3. The highest BCUT2D eigenvalue weighted by Gasteiger charge is 2.54. The molecular weight excluding hydrogens is 374 g/mol. The van der Waals surface area contributed by atoms with Gasteiger partial charge in [0.25, 0.3) is 0 Å². The van der Waals surface area contributed by atoms with Gasteiger partial charge in [-0.1, -0.05) is 6.07 Å². The molecule has 150 valence electrons. The molecule has 1 saturated carbocycles. The van der Waals surface area contributed by atoms with E-state index in [1.54, 1.807) is 18.3 Å². The Morgan fingerprint density at radius 1 is 1.21 bits per heavy atom. The summed E-state index contributed by atoms with van der Waals surface area (Å²) >= 11 is 0. The smallest absolute Gasteiger partial charge is 0.243 e. The fourth-order valence-corrected chi connectivity index (χ4v) is 6.07. The third-order valence-corrected chi connectivity index (χ3v) is 7.80. The Labute approximate surface area is 166 Å². The number of anilines is 1. The minimum Gasteiger partial charge on any atom is -0.388 e. The van der Waals surface area contributed by atoms with Gasteiger partial charge >= 0.3 is 0 Å². The molecule has 1 atom stereocenters. The third kappa shape index (κ3) is 3.21. The lowest BCUT2D eigenvalue weighted by molar-refractivity contribution is 0.0826. The zero-order chi connectivity index (χ0) is 20.1. The van der Waals surface area contributed by atoms with Crippen molar-refractivity contribution in [3.05, 3.63) is 42.1 Å². The second kappa shape index (κ2) is 6.83. The van der Waals surface area contributed by atoms with Crippen molar-refractivity contribution in [1.29, 1.82) is 0 Å². The topological polar surface area (TPSA) is 73.7 Å². The highest BCUT2D eigenvalue weighted by Crippen LogP contribution is 2.46. The number of rotatable bonds is 5. The van der Waals surface area contributed by atoms with Crippen molar-refractivity contribution in [2.45, 2.75) is 49.1 Å². The Morgan fingerprint density at radius 2 is 1.96 bits per heavy atom. The molecule has 6 nitrogen and oxygen atoms in total. The van der Waals surface area contributed by atoms with Gasteiger partial charge < -0.3 is 10.0 Å². The lowest BCUT2D eigenvalue weighted by atomic mass is 10.0. The molecule has 2 aromatic rings. The first-order valence-corrected chi connectivity index (χ1v) is 11.2. The summed E-state index contributed by atoms with van der Waals surface area (Å²) in [4.78, 5) is 6.69. The fourth-order valence-electron chi connectivity index (χ4n) is 4.22. The van der Waals surface area contributed by atoms with Gasteiger partial charge in [0, 0.05) is 32.4 Å². The van der Waals surface area contributed by atoms with Gasteiger partial charge in [0.15, 0.2) is 0 Å². The number of benzene rings is 1. The fraction of sp³-hybridized carbons (Fsp3) is 0.476. The molecule has 28 heavy (non-hydrogen) atoms. The van der Waals surface area contributed by atoms with Crippen LogP contribution in [0.4, 0.5) is 5.82 Å². The molecule has 2 aliphatic rings. The normalized spacial score (nSPS) is 21.6. The van der Waals surface area contributed by atoms with Crippen LogP contribution >= 0.6 is 0 Å². The number of aryl methyl sites for hydroxylation is 1. The summed E-state index contributed by atoms with van der Waals surface area (Å²) in [5.74, 6) is 0.844. The van der Waals surface area contributed by atoms with Gasteiger partial charge in [-0.25, -0.2) is 13.4 Å². The van der Waals surface area contributed by atoms with Crippen LogP contribution in [0.5, 0.6) is 0 Å². The minimum atomic E-state index is -3.63. The van der Waals surface area contributed by atoms with Crippen molar-refractivity contribution < 1.29 is 13.5 Å². The summed E-state index contributed by atoms with van der Waals surface area (Å²) in [6.07, 6.45) is 4.66. The minimum absolute atomic E-state index is 0.292. The van der Waals surface area contributed by atoms with E-state index in [2.05, 4.69) is 4.98 Å². The van der Waals surface area contributed by atoms with Crippen molar-refractivity contribution >= 4 is 15.8 Å². The van der Waals surface area contributed by atoms with E-state index < -0.39 is 15.6 Å². The van der Waals surface area contributed by atoms with Gasteiger partial charge in [-0.15, -0.1) is 0 Å². The van der Waals surface area contributed by atoms with Gasteiger partial charge in [-0.2, -0.15) is 4.31 Å². The second-order valence-corrected chi connectivity index (χ2v) is 10.0. The number of hydrogen-bond acceptors (Lipinski definition) is 5. The highest BCUT2D eigenvalue weighted by atomic mass is 32.2. The molecule has 4 rings (SSSR count). The Morgan fingerprint density at radius 3 is 2.61 bits per heavy atom. The number of hydrogen-bond donors (Lipinski definition) is 1. The molecule has 1 aromatic heterocycles. The average Bonchev–Trinajstić information content (AvgIpc) is 3.20. The van der Waals surface area contributed by atoms with Gasteiger partial charge in [-0.3, -0.25) is 0 Å². The van der Waals surface area contributed by atoms with Crippen LogP contribution in [-0.4, -0.2) is 55.1 Å². The number of aliphatic hydroxyl groups is 1. The van der Waals surface area contributed by atoms with Crippen molar-refractivity contribution in [2.75, 3.05) is 25.5 Å². The molecule has 7 heteroatoms. The Balaban J connectivity index is 1.70. The zero-order valence-corrected chi connectivity index (χ0v) is 17.4. The zero-order valence-electron chi connectivity index (χ0n) is 16.6. The van der Waals surface area contributed by atoms with Gasteiger partial charge in [0.1, 0.15) is 5.82 Å². The van der Waals surface area contributed by atoms with Crippen LogP contribution in [0, 0.1) is 6.92 Å². The van der Waals surface area contributed by atoms with Crippen LogP contribution in [0.3, 0.4) is 0 Å². The van der Waals surface area contributed by atoms with Crippen LogP contribution in [0.1, 0.15) is 31.2 Å². The van der Waals surface area contributed by atoms with E-state index in [-0.39, 0.29) is 6.04 Å². The number of aromatic nitrogens is 1. The van der Waals surface area contributed by atoms with Gasteiger partial charge in [0.05, 0.1) is 16.5 Å². The van der Waals surface area contributed by atoms with Crippen LogP contribution in [0.15, 0.2) is 41.4 Å². The molecule has 2 heterocycles. The molecular formula is C21H27N3O3S. The summed E-state index contributed by atoms with van der Waals surface area (Å²) in [6, 6.07) is 8.87. The summed E-state index contributed by atoms with van der Waals surface area (Å²) in [6.45, 7) is 2.40. The van der Waals surface area contributed by atoms with E-state index in [0.717, 1.165) is 35.3 Å². The first-order valence-electron chi connectivity index (χ1n) is 9.72. The van der Waals surface area contributed by atoms with Crippen molar-refractivity contribution in [3.63, 3.8) is 0 Å². The molecule has 0 amide bonds. The quantitative estimate of drug-likeness (QED) is 0.834. The van der Waals surface area contributed by atoms with Crippen LogP contribution < -0.4 is 4.90 Å². The maximum Gasteiger partial charge on any atom is 0.243 e. The van der Waals surface area contributed by atoms with Crippen molar-refractivity contribution in [2.24, 2.45) is 0 Å². The third-order valence-electron chi connectivity index (χ3n) is 5.89. The highest BCUT2D eigenvalue weighted by molar-refractivity contribution is 7.89. The largest absolute Gasteiger partial charge is 0.388 e. The van der Waals surface area contributed by atoms with Gasteiger partial charge in [-0.05, 0) is 68.0 Å². The monoisotopic (exact) mass is 401 g/mol. The van der Waals surface area contributed by atoms with E-state index >= 15 is 0 Å². The van der Waals surface area contributed by atoms with Crippen molar-refractivity contribution in [1.82, 2.24) is 9.29 Å². The standard InChI is InChI=1S/C21H27N3O3S/c1-15-14-16(8-9-17(15)18-6-4-12-22-20(18)23(2)3)28(26,27)24-13-5-7-19(24)21(25)10-11-21/h4,6,8-9,12,14,19,25H,5,7,10-11,13H2,1-3H3. The summed E-state index contributed by atoms with van der Waals surface area (Å²) < 4.78 is 28.1. The predicted octanol–water partition coefficient (Wildman–Crippen LogP) is 2.80. The molecule has 1 aromatic carbocycles. The summed E-state index contributed by atoms with van der Waals surface area (Å²) in [5.41, 5.74) is 2.00. The number of pyridine rings is 1. The summed E-state index contributed by atoms with van der Waals surface area (Å²) in [5, 5.41) is 10.5. The number of sulfonamides is 1. The molecule has 0 radical (unpaired) electrons. The Hall–Kier alpha value is -1.96.